The molecule has 2 aromatic carbocycles. The van der Waals surface area contributed by atoms with E-state index in [-0.39, 0.29) is 29.4 Å². The zero-order valence-corrected chi connectivity index (χ0v) is 21.3. The van der Waals surface area contributed by atoms with E-state index in [4.69, 9.17) is 31.1 Å². The molecule has 0 spiro atoms. The van der Waals surface area contributed by atoms with Crippen molar-refractivity contribution < 1.29 is 18.3 Å². The molecule has 4 rings (SSSR count). The van der Waals surface area contributed by atoms with Gasteiger partial charge in [0.25, 0.3) is 0 Å². The monoisotopic (exact) mass is 508 g/mol. The summed E-state index contributed by atoms with van der Waals surface area (Å²) in [5.41, 5.74) is 3.45. The molecule has 10 heteroatoms. The number of aryl methyl sites for hydroxylation is 1. The minimum absolute atomic E-state index is 0.0653. The van der Waals surface area contributed by atoms with Crippen LogP contribution in [0, 0.1) is 18.3 Å². The third kappa shape index (κ3) is 4.79. The molecule has 2 heterocycles. The first kappa shape index (κ1) is 24.8. The summed E-state index contributed by atoms with van der Waals surface area (Å²) < 4.78 is 31.7. The van der Waals surface area contributed by atoms with E-state index >= 15 is 0 Å². The van der Waals surface area contributed by atoms with Crippen LogP contribution in [-0.2, 0) is 13.6 Å². The van der Waals surface area contributed by atoms with Gasteiger partial charge in [0.2, 0.25) is 11.8 Å². The van der Waals surface area contributed by atoms with Crippen molar-refractivity contribution >= 4 is 24.5 Å². The van der Waals surface area contributed by atoms with Gasteiger partial charge in [-0.3, -0.25) is 4.57 Å². The Balaban J connectivity index is 1.87. The van der Waals surface area contributed by atoms with E-state index in [1.165, 1.54) is 0 Å². The second-order valence-corrected chi connectivity index (χ2v) is 10.3. The molecular weight excluding hydrogens is 483 g/mol. The standard InChI is InChI=1S/C25H25N4O4PS/c1-4-31-34(30,32-5-2)25(35)27-23-20(16-26)22(18-12-8-6-9-13-18)21-17(3)28-29(24(21)33-23)19-14-10-7-11-15-19/h6-15,22H,4-5H2,1-3H3,(H,27,35). The van der Waals surface area contributed by atoms with Crippen LogP contribution in [0.4, 0.5) is 0 Å². The van der Waals surface area contributed by atoms with Gasteiger partial charge in [-0.25, -0.2) is 4.68 Å². The quantitative estimate of drug-likeness (QED) is 0.311. The Morgan fingerprint density at radius 1 is 1.14 bits per heavy atom. The van der Waals surface area contributed by atoms with Gasteiger partial charge in [0.1, 0.15) is 11.6 Å². The number of benzene rings is 2. The number of nitrogens with one attached hydrogen (secondary N) is 1. The highest BCUT2D eigenvalue weighted by atomic mass is 32.1. The van der Waals surface area contributed by atoms with Crippen LogP contribution in [-0.4, -0.2) is 27.7 Å². The van der Waals surface area contributed by atoms with Crippen molar-refractivity contribution in [2.45, 2.75) is 26.7 Å². The predicted molar refractivity (Wildman–Crippen MR) is 136 cm³/mol. The lowest BCUT2D eigenvalue weighted by Gasteiger charge is -2.28. The van der Waals surface area contributed by atoms with Crippen molar-refractivity contribution in [2.75, 3.05) is 13.2 Å². The summed E-state index contributed by atoms with van der Waals surface area (Å²) in [5.74, 6) is 0.0244. The molecule has 0 amide bonds. The van der Waals surface area contributed by atoms with Gasteiger partial charge in [0, 0.05) is 0 Å². The minimum Gasteiger partial charge on any atom is -0.421 e. The topological polar surface area (TPSA) is 98.4 Å². The lowest BCUT2D eigenvalue weighted by atomic mass is 9.84. The maximum atomic E-state index is 13.2. The molecule has 180 valence electrons. The van der Waals surface area contributed by atoms with Crippen molar-refractivity contribution in [3.05, 3.63) is 88.9 Å². The lowest BCUT2D eigenvalue weighted by molar-refractivity contribution is 0.231. The Labute approximate surface area is 209 Å². The number of nitrogens with zero attached hydrogens (tertiary/aromatic N) is 3. The molecule has 35 heavy (non-hydrogen) atoms. The summed E-state index contributed by atoms with van der Waals surface area (Å²) in [4.78, 5) is 0. The van der Waals surface area contributed by atoms with Gasteiger partial charge in [0.05, 0.1) is 36.1 Å². The zero-order valence-electron chi connectivity index (χ0n) is 19.6. The number of fused-ring (bicyclic) bond motifs is 1. The number of rotatable bonds is 8. The molecule has 0 aliphatic carbocycles. The molecular formula is C25H25N4O4PS. The number of hydrogen-bond acceptors (Lipinski definition) is 7. The number of aromatic nitrogens is 2. The van der Waals surface area contributed by atoms with Gasteiger partial charge in [0.15, 0.2) is 4.73 Å². The fraction of sp³-hybridized carbons (Fsp3) is 0.240. The van der Waals surface area contributed by atoms with Crippen LogP contribution >= 0.6 is 19.8 Å². The van der Waals surface area contributed by atoms with Crippen molar-refractivity contribution in [3.63, 3.8) is 0 Å². The van der Waals surface area contributed by atoms with Gasteiger partial charge >= 0.3 is 7.60 Å². The third-order valence-corrected chi connectivity index (χ3v) is 7.98. The van der Waals surface area contributed by atoms with Crippen LogP contribution in [0.5, 0.6) is 5.88 Å². The molecule has 0 radical (unpaired) electrons. The normalized spacial score (nSPS) is 15.2. The summed E-state index contributed by atoms with van der Waals surface area (Å²) in [6, 6.07) is 21.4. The predicted octanol–water partition coefficient (Wildman–Crippen LogP) is 5.58. The fourth-order valence-electron chi connectivity index (χ4n) is 3.97. The first-order valence-electron chi connectivity index (χ1n) is 11.2. The molecule has 0 bridgehead atoms. The van der Waals surface area contributed by atoms with Gasteiger partial charge in [-0.15, -0.1) is 0 Å². The van der Waals surface area contributed by atoms with Crippen molar-refractivity contribution in [1.29, 1.82) is 5.26 Å². The number of nitriles is 1. The van der Waals surface area contributed by atoms with Crippen LogP contribution in [0.3, 0.4) is 0 Å². The van der Waals surface area contributed by atoms with E-state index < -0.39 is 13.5 Å². The van der Waals surface area contributed by atoms with Gasteiger partial charge < -0.3 is 19.1 Å². The van der Waals surface area contributed by atoms with E-state index in [1.807, 2.05) is 67.6 Å². The van der Waals surface area contributed by atoms with Crippen molar-refractivity contribution in [3.8, 4) is 17.6 Å². The number of para-hydroxylation sites is 1. The lowest BCUT2D eigenvalue weighted by Crippen LogP contribution is -2.31. The van der Waals surface area contributed by atoms with Gasteiger partial charge in [-0.1, -0.05) is 60.7 Å². The third-order valence-electron chi connectivity index (χ3n) is 5.40. The second kappa shape index (κ2) is 10.5. The first-order valence-corrected chi connectivity index (χ1v) is 13.1. The average molecular weight is 509 g/mol. The number of ether oxygens (including phenoxy) is 1. The van der Waals surface area contributed by atoms with Crippen molar-refractivity contribution in [1.82, 2.24) is 15.1 Å². The summed E-state index contributed by atoms with van der Waals surface area (Å²) in [7, 11) is -3.78. The van der Waals surface area contributed by atoms with E-state index in [9.17, 15) is 9.83 Å². The fourth-order valence-corrected chi connectivity index (χ4v) is 5.60. The van der Waals surface area contributed by atoms with E-state index in [0.717, 1.165) is 22.5 Å². The maximum absolute atomic E-state index is 13.2. The highest BCUT2D eigenvalue weighted by molar-refractivity contribution is 7.97. The molecule has 0 saturated heterocycles. The Bertz CT molecular complexity index is 1340. The Kier molecular flexibility index (Phi) is 7.48. The highest BCUT2D eigenvalue weighted by Gasteiger charge is 2.39. The second-order valence-electron chi connectivity index (χ2n) is 7.62. The summed E-state index contributed by atoms with van der Waals surface area (Å²) in [6.45, 7) is 5.56. The van der Waals surface area contributed by atoms with Crippen LogP contribution in [0.2, 0.25) is 0 Å². The summed E-state index contributed by atoms with van der Waals surface area (Å²) >= 11 is 5.42. The van der Waals surface area contributed by atoms with E-state index in [2.05, 4.69) is 11.4 Å². The average Bonchev–Trinajstić information content (AvgIpc) is 3.20. The van der Waals surface area contributed by atoms with Gasteiger partial charge in [-0.2, -0.15) is 10.4 Å². The molecule has 1 unspecified atom stereocenters. The number of thiocarbonyl (C=S) groups is 1. The number of allylic oxidation sites excluding steroid dienone is 1. The minimum atomic E-state index is -3.78. The molecule has 0 saturated carbocycles. The Hall–Kier alpha value is -3.28. The Morgan fingerprint density at radius 2 is 1.74 bits per heavy atom. The van der Waals surface area contributed by atoms with Crippen LogP contribution in [0.25, 0.3) is 5.69 Å². The van der Waals surface area contributed by atoms with Crippen LogP contribution in [0.15, 0.2) is 72.1 Å². The van der Waals surface area contributed by atoms with Crippen LogP contribution in [0.1, 0.15) is 36.6 Å². The number of hydrogen-bond donors (Lipinski definition) is 1. The summed E-state index contributed by atoms with van der Waals surface area (Å²) in [6.07, 6.45) is 0. The van der Waals surface area contributed by atoms with E-state index in [0.29, 0.717) is 5.88 Å². The van der Waals surface area contributed by atoms with Crippen LogP contribution < -0.4 is 10.1 Å². The molecule has 1 atom stereocenters. The SMILES string of the molecule is CCOP(=O)(OCC)C(=S)NC1=C(C#N)C(c2ccccc2)c2c(C)nn(-c3ccccc3)c2O1. The van der Waals surface area contributed by atoms with Crippen molar-refractivity contribution in [2.24, 2.45) is 0 Å². The molecule has 1 N–H and O–H groups in total. The smallest absolute Gasteiger partial charge is 0.388 e. The largest absolute Gasteiger partial charge is 0.421 e. The van der Waals surface area contributed by atoms with E-state index in [1.54, 1.807) is 18.5 Å². The molecule has 1 aromatic heterocycles. The first-order chi connectivity index (χ1) is 16.9. The van der Waals surface area contributed by atoms with Gasteiger partial charge in [-0.05, 0) is 38.5 Å². The Morgan fingerprint density at radius 3 is 2.31 bits per heavy atom. The zero-order chi connectivity index (χ0) is 25.0. The molecule has 0 fully saturated rings. The summed E-state index contributed by atoms with van der Waals surface area (Å²) in [5, 5.41) is 17.8. The maximum Gasteiger partial charge on any atom is 0.388 e. The molecule has 8 nitrogen and oxygen atoms in total. The molecule has 3 aromatic rings. The molecule has 1 aliphatic heterocycles. The highest BCUT2D eigenvalue weighted by Crippen LogP contribution is 2.50. The molecule has 1 aliphatic rings.